The normalized spacial score (nSPS) is 14.6. The summed E-state index contributed by atoms with van der Waals surface area (Å²) in [5.41, 5.74) is -0.684. The maximum absolute atomic E-state index is 11.9. The molecule has 118 valence electrons. The maximum Gasteiger partial charge on any atom is 0.345 e. The van der Waals surface area contributed by atoms with E-state index in [1.165, 1.54) is 6.07 Å². The third-order valence-electron chi connectivity index (χ3n) is 3.43. The maximum atomic E-state index is 11.9. The van der Waals surface area contributed by atoms with Crippen molar-refractivity contribution < 1.29 is 19.2 Å². The molecule has 0 unspecified atom stereocenters. The highest BCUT2D eigenvalue weighted by atomic mass is 35.5. The topological polar surface area (TPSA) is 98.5 Å². The number of hydrogen-bond donors (Lipinski definition) is 1. The molecule has 0 radical (unpaired) electrons. The zero-order valence-electron chi connectivity index (χ0n) is 11.7. The van der Waals surface area contributed by atoms with Crippen molar-refractivity contribution in [2.24, 2.45) is 0 Å². The highest BCUT2D eigenvalue weighted by Gasteiger charge is 2.23. The Morgan fingerprint density at radius 1 is 1.36 bits per heavy atom. The smallest absolute Gasteiger partial charge is 0.345 e. The third kappa shape index (κ3) is 4.17. The van der Waals surface area contributed by atoms with Crippen LogP contribution in [0.25, 0.3) is 0 Å². The van der Waals surface area contributed by atoms with Crippen LogP contribution < -0.4 is 5.32 Å². The van der Waals surface area contributed by atoms with E-state index in [2.05, 4.69) is 5.32 Å². The van der Waals surface area contributed by atoms with Gasteiger partial charge < -0.3 is 10.1 Å². The van der Waals surface area contributed by atoms with Crippen molar-refractivity contribution in [1.82, 2.24) is 5.32 Å². The molecule has 0 spiro atoms. The zero-order chi connectivity index (χ0) is 16.1. The lowest BCUT2D eigenvalue weighted by Gasteiger charge is -2.12. The number of carbonyl (C=O) groups is 2. The fraction of sp³-hybridized carbons (Fsp3) is 0.429. The fourth-order valence-corrected chi connectivity index (χ4v) is 2.55. The zero-order valence-corrected chi connectivity index (χ0v) is 12.5. The summed E-state index contributed by atoms with van der Waals surface area (Å²) in [7, 11) is 0. The van der Waals surface area contributed by atoms with Crippen molar-refractivity contribution in [2.45, 2.75) is 31.7 Å². The first kappa shape index (κ1) is 16.2. The Balaban J connectivity index is 1.95. The van der Waals surface area contributed by atoms with Crippen LogP contribution in [0.3, 0.4) is 0 Å². The minimum Gasteiger partial charge on any atom is -0.452 e. The van der Waals surface area contributed by atoms with E-state index in [0.29, 0.717) is 0 Å². The molecule has 1 amide bonds. The first-order chi connectivity index (χ1) is 10.5. The molecule has 0 aliphatic heterocycles. The molecule has 8 heteroatoms. The van der Waals surface area contributed by atoms with Crippen LogP contribution in [-0.2, 0) is 9.53 Å². The first-order valence-electron chi connectivity index (χ1n) is 6.88. The average Bonchev–Trinajstić information content (AvgIpc) is 2.97. The lowest BCUT2D eigenvalue weighted by atomic mass is 10.2. The Kier molecular flexibility index (Phi) is 5.32. The molecule has 22 heavy (non-hydrogen) atoms. The molecule has 0 atom stereocenters. The molecule has 1 N–H and O–H groups in total. The Hall–Kier alpha value is -2.15. The second-order valence-corrected chi connectivity index (χ2v) is 5.48. The van der Waals surface area contributed by atoms with Gasteiger partial charge in [-0.15, -0.1) is 0 Å². The predicted molar refractivity (Wildman–Crippen MR) is 78.8 cm³/mol. The number of ether oxygens (including phenoxy) is 1. The Bertz CT molecular complexity index is 599. The van der Waals surface area contributed by atoms with E-state index < -0.39 is 29.1 Å². The SMILES string of the molecule is O=C(COC(=O)c1cc(Cl)ccc1[N+](=O)[O-])NC1CCCC1. The van der Waals surface area contributed by atoms with Gasteiger partial charge in [-0.1, -0.05) is 24.4 Å². The number of benzene rings is 1. The predicted octanol–water partition coefficient (Wildman–Crippen LogP) is 2.46. The van der Waals surface area contributed by atoms with E-state index in [-0.39, 0.29) is 16.6 Å². The van der Waals surface area contributed by atoms with Crippen LogP contribution in [0.1, 0.15) is 36.0 Å². The van der Waals surface area contributed by atoms with E-state index in [4.69, 9.17) is 16.3 Å². The molecule has 1 aromatic rings. The Labute approximate surface area is 131 Å². The highest BCUT2D eigenvalue weighted by Crippen LogP contribution is 2.23. The van der Waals surface area contributed by atoms with Crippen LogP contribution in [0, 0.1) is 10.1 Å². The van der Waals surface area contributed by atoms with Gasteiger partial charge in [0.25, 0.3) is 11.6 Å². The van der Waals surface area contributed by atoms with E-state index in [0.717, 1.165) is 37.8 Å². The number of halogens is 1. The summed E-state index contributed by atoms with van der Waals surface area (Å²) in [4.78, 5) is 33.7. The number of rotatable bonds is 5. The van der Waals surface area contributed by atoms with Gasteiger partial charge in [-0.2, -0.15) is 0 Å². The van der Waals surface area contributed by atoms with Gasteiger partial charge >= 0.3 is 5.97 Å². The summed E-state index contributed by atoms with van der Waals surface area (Å²) in [6.45, 7) is -0.473. The Morgan fingerprint density at radius 2 is 2.05 bits per heavy atom. The quantitative estimate of drug-likeness (QED) is 0.509. The van der Waals surface area contributed by atoms with Gasteiger partial charge in [0.2, 0.25) is 0 Å². The summed E-state index contributed by atoms with van der Waals surface area (Å²) in [5, 5.41) is 13.8. The molecule has 2 rings (SSSR count). The van der Waals surface area contributed by atoms with Crippen molar-refractivity contribution in [3.63, 3.8) is 0 Å². The molecule has 0 heterocycles. The molecule has 1 aliphatic carbocycles. The number of amides is 1. The van der Waals surface area contributed by atoms with E-state index in [1.807, 2.05) is 0 Å². The van der Waals surface area contributed by atoms with Gasteiger partial charge in [0.05, 0.1) is 4.92 Å². The van der Waals surface area contributed by atoms with E-state index in [9.17, 15) is 19.7 Å². The molecule has 0 bridgehead atoms. The fourth-order valence-electron chi connectivity index (χ4n) is 2.38. The van der Waals surface area contributed by atoms with Crippen LogP contribution in [0.15, 0.2) is 18.2 Å². The van der Waals surface area contributed by atoms with Crippen LogP contribution in [0.2, 0.25) is 5.02 Å². The van der Waals surface area contributed by atoms with E-state index >= 15 is 0 Å². The molecule has 1 fully saturated rings. The lowest BCUT2D eigenvalue weighted by molar-refractivity contribution is -0.385. The number of esters is 1. The second kappa shape index (κ2) is 7.22. The summed E-state index contributed by atoms with van der Waals surface area (Å²) in [6, 6.07) is 3.70. The van der Waals surface area contributed by atoms with Crippen LogP contribution in [-0.4, -0.2) is 29.4 Å². The second-order valence-electron chi connectivity index (χ2n) is 5.04. The van der Waals surface area contributed by atoms with Crippen molar-refractivity contribution in [3.05, 3.63) is 38.9 Å². The number of nitrogens with one attached hydrogen (secondary N) is 1. The molecular formula is C14H15ClN2O5. The van der Waals surface area contributed by atoms with E-state index in [1.54, 1.807) is 0 Å². The van der Waals surface area contributed by atoms with Gasteiger partial charge in [0.15, 0.2) is 6.61 Å². The van der Waals surface area contributed by atoms with Gasteiger partial charge in [0, 0.05) is 17.1 Å². The summed E-state index contributed by atoms with van der Waals surface area (Å²) < 4.78 is 4.83. The molecule has 0 aromatic heterocycles. The first-order valence-corrected chi connectivity index (χ1v) is 7.25. The van der Waals surface area contributed by atoms with Crippen molar-refractivity contribution in [1.29, 1.82) is 0 Å². The molecular weight excluding hydrogens is 312 g/mol. The van der Waals surface area contributed by atoms with Crippen molar-refractivity contribution in [3.8, 4) is 0 Å². The number of nitro benzene ring substituents is 1. The number of hydrogen-bond acceptors (Lipinski definition) is 5. The van der Waals surface area contributed by atoms with Crippen LogP contribution >= 0.6 is 11.6 Å². The van der Waals surface area contributed by atoms with Crippen molar-refractivity contribution >= 4 is 29.2 Å². The van der Waals surface area contributed by atoms with Crippen LogP contribution in [0.4, 0.5) is 5.69 Å². The Morgan fingerprint density at radius 3 is 2.68 bits per heavy atom. The number of nitrogens with zero attached hydrogens (tertiary/aromatic N) is 1. The highest BCUT2D eigenvalue weighted by molar-refractivity contribution is 6.31. The average molecular weight is 327 g/mol. The summed E-state index contributed by atoms with van der Waals surface area (Å²) >= 11 is 5.73. The van der Waals surface area contributed by atoms with Gasteiger partial charge in [-0.05, 0) is 25.0 Å². The monoisotopic (exact) mass is 326 g/mol. The van der Waals surface area contributed by atoms with Gasteiger partial charge in [-0.25, -0.2) is 4.79 Å². The third-order valence-corrected chi connectivity index (χ3v) is 3.66. The lowest BCUT2D eigenvalue weighted by Crippen LogP contribution is -2.35. The molecule has 1 aliphatic rings. The van der Waals surface area contributed by atoms with Gasteiger partial charge in [0.1, 0.15) is 5.56 Å². The summed E-state index contributed by atoms with van der Waals surface area (Å²) in [6.07, 6.45) is 3.97. The largest absolute Gasteiger partial charge is 0.452 e. The molecule has 1 saturated carbocycles. The van der Waals surface area contributed by atoms with Crippen LogP contribution in [0.5, 0.6) is 0 Å². The van der Waals surface area contributed by atoms with Crippen molar-refractivity contribution in [2.75, 3.05) is 6.61 Å². The minimum absolute atomic E-state index is 0.117. The standard InChI is InChI=1S/C14H15ClN2O5/c15-9-5-6-12(17(20)21)11(7-9)14(19)22-8-13(18)16-10-3-1-2-4-10/h5-7,10H,1-4,8H2,(H,16,18). The number of carbonyl (C=O) groups excluding carboxylic acids is 2. The molecule has 1 aromatic carbocycles. The number of nitro groups is 1. The minimum atomic E-state index is -0.948. The van der Waals surface area contributed by atoms with Gasteiger partial charge in [-0.3, -0.25) is 14.9 Å². The summed E-state index contributed by atoms with van der Waals surface area (Å²) in [5.74, 6) is -1.36. The molecule has 0 saturated heterocycles. The molecule has 7 nitrogen and oxygen atoms in total.